The highest BCUT2D eigenvalue weighted by Crippen LogP contribution is 2.52. The molecule has 3 aliphatic heterocycles. The largest absolute Gasteiger partial charge is 0.444 e. The monoisotopic (exact) mass is 612 g/mol. The second-order valence-corrected chi connectivity index (χ2v) is 17.2. The number of carbonyl (C=O) groups is 3. The van der Waals surface area contributed by atoms with E-state index in [1.165, 1.54) is 0 Å². The summed E-state index contributed by atoms with van der Waals surface area (Å²) in [6.45, 7) is 6.00. The molecule has 3 heterocycles. The van der Waals surface area contributed by atoms with Crippen LogP contribution in [0.1, 0.15) is 63.6 Å². The maximum Gasteiger partial charge on any atom is 0.408 e. The second-order valence-electron chi connectivity index (χ2n) is 13.9. The van der Waals surface area contributed by atoms with Gasteiger partial charge in [-0.3, -0.25) is 24.6 Å². The van der Waals surface area contributed by atoms with Gasteiger partial charge in [0.25, 0.3) is 0 Å². The Morgan fingerprint density at radius 2 is 1.98 bits per heavy atom. The van der Waals surface area contributed by atoms with Crippen LogP contribution in [-0.2, 0) is 20.7 Å². The Balaban J connectivity index is 1.17. The molecule has 5 aliphatic rings. The predicted octanol–water partition coefficient (Wildman–Crippen LogP) is 2.98. The molecule has 0 aromatic heterocycles. The van der Waals surface area contributed by atoms with Gasteiger partial charge in [-0.15, -0.1) is 0 Å². The summed E-state index contributed by atoms with van der Waals surface area (Å²) in [5.74, 6) is 0.0529. The van der Waals surface area contributed by atoms with E-state index >= 15 is 0 Å². The first-order valence-electron chi connectivity index (χ1n) is 15.0. The predicted molar refractivity (Wildman–Crippen MR) is 159 cm³/mol. The SMILES string of the molecule is CC(C)(C)OC(=O)NC(CN1C[C@@H]2CC1C(=O)N2C1CCc2cc(S(C)(C)[N+](=O)[O-])ccc21)C(=O)N1C(C#N)CC2C[C@@H]21. The molecule has 1 N–H and O–H groups in total. The zero-order valence-electron chi connectivity index (χ0n) is 25.3. The van der Waals surface area contributed by atoms with E-state index in [0.717, 1.165) is 35.3 Å². The van der Waals surface area contributed by atoms with Gasteiger partial charge in [0.2, 0.25) is 11.8 Å². The highest BCUT2D eigenvalue weighted by atomic mass is 32.3. The number of nitrogens with zero attached hydrogens (tertiary/aromatic N) is 5. The Bertz CT molecular complexity index is 1420. The average molecular weight is 613 g/mol. The van der Waals surface area contributed by atoms with Gasteiger partial charge in [0.05, 0.1) is 27.4 Å². The highest BCUT2D eigenvalue weighted by Gasteiger charge is 2.57. The number of ether oxygens (including phenoxy) is 1. The number of alkyl carbamates (subject to hydrolysis) is 1. The standard InChI is InChI=1S/C30H40N6O6S/c1-30(2,3)42-29(39)32-23(27(37)34-19(14-31)10-18-12-25(18)34)16-33-15-20-13-26(33)28(38)35(20)24-9-6-17-11-21(7-8-22(17)24)43(4,5)36(40)41/h7-8,11,18-20,23-26H,6,9-10,12-13,15-16H2,1-5H3,(H,32,39)/t18?,19?,20-,23?,24?,25-,26?/m0/s1. The van der Waals surface area contributed by atoms with Crippen molar-refractivity contribution in [2.45, 2.75) is 99.6 Å². The van der Waals surface area contributed by atoms with Crippen LogP contribution in [0.5, 0.6) is 0 Å². The van der Waals surface area contributed by atoms with Crippen LogP contribution in [0.25, 0.3) is 0 Å². The molecule has 1 saturated carbocycles. The number of hydrogen-bond donors (Lipinski definition) is 1. The maximum atomic E-state index is 13.8. The Kier molecular flexibility index (Phi) is 7.16. The number of benzene rings is 1. The zero-order chi connectivity index (χ0) is 31.0. The lowest BCUT2D eigenvalue weighted by Gasteiger charge is -2.39. The van der Waals surface area contributed by atoms with Gasteiger partial charge in [-0.2, -0.15) is 5.26 Å². The third-order valence-corrected chi connectivity index (χ3v) is 11.8. The first-order valence-corrected chi connectivity index (χ1v) is 17.4. The number of nitriles is 1. The van der Waals surface area contributed by atoms with Gasteiger partial charge in [-0.1, -0.05) is 6.07 Å². The first-order chi connectivity index (χ1) is 20.2. The van der Waals surface area contributed by atoms with E-state index in [2.05, 4.69) is 11.4 Å². The summed E-state index contributed by atoms with van der Waals surface area (Å²) in [5, 5.41) is 24.1. The Morgan fingerprint density at radius 3 is 2.63 bits per heavy atom. The molecule has 4 fully saturated rings. The quantitative estimate of drug-likeness (QED) is 0.365. The molecule has 1 aromatic carbocycles. The van der Waals surface area contributed by atoms with Gasteiger partial charge in [-0.05, 0) is 82.1 Å². The van der Waals surface area contributed by atoms with Crippen LogP contribution in [0.2, 0.25) is 0 Å². The van der Waals surface area contributed by atoms with Gasteiger partial charge in [-0.25, -0.2) is 4.79 Å². The number of piperazine rings is 1. The summed E-state index contributed by atoms with van der Waals surface area (Å²) in [7, 11) is -2.16. The van der Waals surface area contributed by atoms with E-state index in [4.69, 9.17) is 4.74 Å². The van der Waals surface area contributed by atoms with E-state index in [-0.39, 0.29) is 40.8 Å². The van der Waals surface area contributed by atoms with Crippen LogP contribution in [0.4, 0.5) is 4.79 Å². The van der Waals surface area contributed by atoms with Crippen LogP contribution >= 0.6 is 10.2 Å². The molecule has 6 rings (SSSR count). The Morgan fingerprint density at radius 1 is 1.23 bits per heavy atom. The summed E-state index contributed by atoms with van der Waals surface area (Å²) in [6, 6.07) is 6.08. The molecule has 12 nitrogen and oxygen atoms in total. The summed E-state index contributed by atoms with van der Waals surface area (Å²) < 4.78 is 5.27. The topological polar surface area (TPSA) is 149 Å². The molecule has 1 aromatic rings. The van der Waals surface area contributed by atoms with Crippen molar-refractivity contribution in [2.75, 3.05) is 25.6 Å². The van der Waals surface area contributed by atoms with E-state index in [1.807, 2.05) is 28.0 Å². The molecule has 0 radical (unpaired) electrons. The number of nitrogens with one attached hydrogen (secondary N) is 1. The molecule has 3 amide bonds. The lowest BCUT2D eigenvalue weighted by molar-refractivity contribution is -0.295. The number of aryl methyl sites for hydroxylation is 1. The third kappa shape index (κ3) is 5.22. The Labute approximate surface area is 253 Å². The van der Waals surface area contributed by atoms with Crippen LogP contribution in [-0.4, -0.2) is 98.3 Å². The smallest absolute Gasteiger partial charge is 0.408 e. The van der Waals surface area contributed by atoms with E-state index in [0.29, 0.717) is 25.3 Å². The van der Waals surface area contributed by atoms with Gasteiger partial charge >= 0.3 is 6.09 Å². The van der Waals surface area contributed by atoms with Crippen molar-refractivity contribution < 1.29 is 23.4 Å². The second kappa shape index (κ2) is 10.4. The molecule has 2 bridgehead atoms. The summed E-state index contributed by atoms with van der Waals surface area (Å²) in [4.78, 5) is 58.4. The van der Waals surface area contributed by atoms with Crippen molar-refractivity contribution in [1.29, 1.82) is 5.26 Å². The van der Waals surface area contributed by atoms with Crippen LogP contribution in [0.3, 0.4) is 0 Å². The van der Waals surface area contributed by atoms with Crippen molar-refractivity contribution in [3.05, 3.63) is 39.4 Å². The summed E-state index contributed by atoms with van der Waals surface area (Å²) in [6.07, 6.45) is 6.37. The minimum absolute atomic E-state index is 0.0104. The molecule has 232 valence electrons. The minimum atomic E-state index is -2.16. The van der Waals surface area contributed by atoms with E-state index < -0.39 is 40.0 Å². The number of fused-ring (bicyclic) bond motifs is 4. The minimum Gasteiger partial charge on any atom is -0.444 e. The fourth-order valence-electron chi connectivity index (χ4n) is 7.50. The molecule has 7 atom stereocenters. The Hall–Kier alpha value is -3.37. The summed E-state index contributed by atoms with van der Waals surface area (Å²) >= 11 is 0. The fraction of sp³-hybridized carbons (Fsp3) is 0.667. The third-order valence-electron chi connectivity index (χ3n) is 9.67. The number of amides is 3. The fourth-order valence-corrected chi connectivity index (χ4v) is 8.50. The molecule has 13 heteroatoms. The maximum absolute atomic E-state index is 13.8. The van der Waals surface area contributed by atoms with E-state index in [1.54, 1.807) is 38.2 Å². The molecule has 3 saturated heterocycles. The van der Waals surface area contributed by atoms with Gasteiger partial charge in [0.1, 0.15) is 17.7 Å². The van der Waals surface area contributed by atoms with E-state index in [9.17, 15) is 29.8 Å². The van der Waals surface area contributed by atoms with Gasteiger partial charge in [0.15, 0.2) is 0 Å². The number of rotatable bonds is 7. The zero-order valence-corrected chi connectivity index (χ0v) is 26.1. The number of nitro groups is 1. The van der Waals surface area contributed by atoms with Crippen LogP contribution in [0, 0.1) is 27.4 Å². The lowest BCUT2D eigenvalue weighted by atomic mass is 10.1. The van der Waals surface area contributed by atoms with Crippen LogP contribution in [0.15, 0.2) is 23.1 Å². The number of hydrogen-bond acceptors (Lipinski definition) is 8. The normalized spacial score (nSPS) is 30.5. The molecule has 2 aliphatic carbocycles. The van der Waals surface area contributed by atoms with Gasteiger partial charge in [0, 0.05) is 47.9 Å². The number of carbonyl (C=O) groups excluding carboxylic acids is 3. The average Bonchev–Trinajstić information content (AvgIpc) is 3.26. The van der Waals surface area contributed by atoms with Crippen molar-refractivity contribution in [2.24, 2.45) is 5.92 Å². The molecule has 43 heavy (non-hydrogen) atoms. The molecule has 0 spiro atoms. The van der Waals surface area contributed by atoms with Crippen LogP contribution < -0.4 is 5.32 Å². The molecular formula is C30H40N6O6S. The lowest BCUT2D eigenvalue weighted by Crippen LogP contribution is -2.59. The van der Waals surface area contributed by atoms with Crippen molar-refractivity contribution in [1.82, 2.24) is 20.0 Å². The van der Waals surface area contributed by atoms with Crippen molar-refractivity contribution in [3.63, 3.8) is 0 Å². The molecular weight excluding hydrogens is 572 g/mol. The highest BCUT2D eigenvalue weighted by molar-refractivity contribution is 8.27. The van der Waals surface area contributed by atoms with Gasteiger partial charge < -0.3 is 19.9 Å². The van der Waals surface area contributed by atoms with Crippen molar-refractivity contribution in [3.8, 4) is 6.07 Å². The van der Waals surface area contributed by atoms with Crippen molar-refractivity contribution >= 4 is 28.1 Å². The first kappa shape index (κ1) is 29.7. The molecule has 5 unspecified atom stereocenters. The number of piperidine rings is 1. The number of likely N-dealkylation sites (tertiary alicyclic amines) is 3. The summed E-state index contributed by atoms with van der Waals surface area (Å²) in [5.41, 5.74) is 1.38.